The number of hydrogen-bond acceptors (Lipinski definition) is 10. The number of amides is 4. The van der Waals surface area contributed by atoms with Gasteiger partial charge in [-0.1, -0.05) is 73.3 Å². The van der Waals surface area contributed by atoms with E-state index in [1.54, 1.807) is 12.3 Å². The second-order valence-electron chi connectivity index (χ2n) is 16.1. The molecule has 4 rings (SSSR count). The number of carbonyl (C=O) groups is 6. The van der Waals surface area contributed by atoms with Crippen molar-refractivity contribution in [3.8, 4) is 5.88 Å². The van der Waals surface area contributed by atoms with Gasteiger partial charge >= 0.3 is 0 Å². The van der Waals surface area contributed by atoms with Crippen LogP contribution in [0.1, 0.15) is 115 Å². The monoisotopic (exact) mass is 747 g/mol. The Morgan fingerprint density at radius 3 is 2.26 bits per heavy atom. The Morgan fingerprint density at radius 1 is 0.944 bits per heavy atom. The highest BCUT2D eigenvalue weighted by atomic mass is 16.5. The maximum Gasteiger partial charge on any atom is 0.272 e. The summed E-state index contributed by atoms with van der Waals surface area (Å²) in [4.78, 5) is 96.2. The zero-order chi connectivity index (χ0) is 39.6. The molecule has 1 aliphatic heterocycles. The first-order chi connectivity index (χ1) is 25.6. The second-order valence-corrected chi connectivity index (χ2v) is 16.1. The molecular weight excluding hydrogens is 690 g/mol. The van der Waals surface area contributed by atoms with Crippen LogP contribution in [0.15, 0.2) is 36.9 Å². The second kappa shape index (κ2) is 19.0. The predicted molar refractivity (Wildman–Crippen MR) is 201 cm³/mol. The molecule has 3 N–H and O–H groups in total. The number of rotatable bonds is 16. The Balaban J connectivity index is 1.62. The van der Waals surface area contributed by atoms with Crippen LogP contribution in [0.5, 0.6) is 5.88 Å². The molecule has 5 atom stereocenters. The third-order valence-electron chi connectivity index (χ3n) is 9.98. The molecule has 0 spiro atoms. The summed E-state index contributed by atoms with van der Waals surface area (Å²) >= 11 is 0. The quantitative estimate of drug-likeness (QED) is 0.213. The smallest absolute Gasteiger partial charge is 0.272 e. The summed E-state index contributed by atoms with van der Waals surface area (Å²) in [6.45, 7) is 12.9. The van der Waals surface area contributed by atoms with Gasteiger partial charge in [-0.15, -0.1) is 0 Å². The molecule has 2 fully saturated rings. The predicted octanol–water partition coefficient (Wildman–Crippen LogP) is 3.91. The summed E-state index contributed by atoms with van der Waals surface area (Å²) in [6, 6.07) is -0.621. The fourth-order valence-electron chi connectivity index (χ4n) is 7.10. The van der Waals surface area contributed by atoms with Crippen molar-refractivity contribution in [2.75, 3.05) is 6.54 Å². The van der Waals surface area contributed by atoms with Crippen molar-refractivity contribution >= 4 is 35.2 Å². The zero-order valence-electron chi connectivity index (χ0n) is 32.7. The van der Waals surface area contributed by atoms with Crippen LogP contribution < -0.4 is 20.7 Å². The molecule has 0 radical (unpaired) electrons. The minimum atomic E-state index is -1.11. The molecule has 2 aliphatic rings. The molecular formula is C40H57N7O7. The van der Waals surface area contributed by atoms with Crippen LogP contribution in [0.4, 0.5) is 0 Å². The molecule has 294 valence electrons. The standard InChI is InChI=1S/C40H57N7O7/c1-8-12-28(34(49)31(48)19-24(2)3)44-37(51)30-20-27(54-32-16-15-25(4)21-43-32)23-47(30)39(53)35(40(5,6)7)46-38(52)33(26-13-10-9-11-14-26)45-36(50)29-22-41-17-18-42-29/h15-18,21-22,24,26-28,30,33,35H,8-14,19-20,23H2,1-7H3,(H,44,51)(H,45,50)(H,46,52)/t27-,28+,30+,33+,35-/m1/s1. The van der Waals surface area contributed by atoms with E-state index in [4.69, 9.17) is 4.74 Å². The number of aromatic nitrogens is 3. The lowest BCUT2D eigenvalue weighted by Crippen LogP contribution is -2.62. The molecule has 1 saturated carbocycles. The molecule has 1 aliphatic carbocycles. The molecule has 3 heterocycles. The molecule has 4 amide bonds. The van der Waals surface area contributed by atoms with E-state index in [9.17, 15) is 28.8 Å². The Hall–Kier alpha value is -4.75. The Kier molecular flexibility index (Phi) is 14.8. The first-order valence-corrected chi connectivity index (χ1v) is 19.2. The average Bonchev–Trinajstić information content (AvgIpc) is 3.56. The van der Waals surface area contributed by atoms with Crippen molar-refractivity contribution in [3.05, 3.63) is 48.2 Å². The van der Waals surface area contributed by atoms with E-state index in [0.29, 0.717) is 12.3 Å². The summed E-state index contributed by atoms with van der Waals surface area (Å²) in [5.41, 5.74) is 0.173. The van der Waals surface area contributed by atoms with Crippen LogP contribution in [0.2, 0.25) is 0 Å². The number of ether oxygens (including phenoxy) is 1. The van der Waals surface area contributed by atoms with Gasteiger partial charge in [0.1, 0.15) is 29.9 Å². The first kappa shape index (κ1) is 42.0. The average molecular weight is 748 g/mol. The van der Waals surface area contributed by atoms with E-state index < -0.39 is 70.9 Å². The fourth-order valence-corrected chi connectivity index (χ4v) is 7.10. The number of carbonyl (C=O) groups excluding carboxylic acids is 6. The van der Waals surface area contributed by atoms with E-state index in [0.717, 1.165) is 37.7 Å². The van der Waals surface area contributed by atoms with Crippen LogP contribution >= 0.6 is 0 Å². The van der Waals surface area contributed by atoms with E-state index in [2.05, 4.69) is 30.9 Å². The molecule has 0 aromatic carbocycles. The number of pyridine rings is 1. The van der Waals surface area contributed by atoms with Gasteiger partial charge in [0.25, 0.3) is 5.91 Å². The van der Waals surface area contributed by atoms with Gasteiger partial charge in [0, 0.05) is 37.5 Å². The first-order valence-electron chi connectivity index (χ1n) is 19.2. The lowest BCUT2D eigenvalue weighted by atomic mass is 9.82. The maximum absolute atomic E-state index is 14.7. The molecule has 1 saturated heterocycles. The van der Waals surface area contributed by atoms with Gasteiger partial charge in [0.15, 0.2) is 0 Å². The topological polar surface area (TPSA) is 190 Å². The molecule has 2 aromatic heterocycles. The van der Waals surface area contributed by atoms with Crippen molar-refractivity contribution in [1.82, 2.24) is 35.8 Å². The van der Waals surface area contributed by atoms with Gasteiger partial charge in [-0.25, -0.2) is 9.97 Å². The third kappa shape index (κ3) is 11.4. The number of ketones is 2. The van der Waals surface area contributed by atoms with Gasteiger partial charge in [-0.3, -0.25) is 33.8 Å². The van der Waals surface area contributed by atoms with Crippen LogP contribution in [-0.2, 0) is 24.0 Å². The third-order valence-corrected chi connectivity index (χ3v) is 9.98. The van der Waals surface area contributed by atoms with E-state index in [1.807, 2.05) is 54.5 Å². The molecule has 14 heteroatoms. The summed E-state index contributed by atoms with van der Waals surface area (Å²) < 4.78 is 6.17. The lowest BCUT2D eigenvalue weighted by Gasteiger charge is -2.37. The number of aryl methyl sites for hydroxylation is 1. The minimum absolute atomic E-state index is 0.00304. The van der Waals surface area contributed by atoms with Gasteiger partial charge in [-0.2, -0.15) is 0 Å². The van der Waals surface area contributed by atoms with E-state index in [1.165, 1.54) is 23.5 Å². The molecule has 0 bridgehead atoms. The van der Waals surface area contributed by atoms with Crippen LogP contribution in [0, 0.1) is 24.2 Å². The van der Waals surface area contributed by atoms with Crippen LogP contribution in [-0.4, -0.2) is 91.9 Å². The van der Waals surface area contributed by atoms with Gasteiger partial charge in [0.05, 0.1) is 18.8 Å². The lowest BCUT2D eigenvalue weighted by molar-refractivity contribution is -0.145. The minimum Gasteiger partial charge on any atom is -0.472 e. The summed E-state index contributed by atoms with van der Waals surface area (Å²) in [5, 5.41) is 8.62. The highest BCUT2D eigenvalue weighted by molar-refractivity contribution is 6.39. The molecule has 14 nitrogen and oxygen atoms in total. The molecule has 0 unspecified atom stereocenters. The van der Waals surface area contributed by atoms with Crippen molar-refractivity contribution in [3.63, 3.8) is 0 Å². The van der Waals surface area contributed by atoms with Gasteiger partial charge in [0.2, 0.25) is 35.2 Å². The van der Waals surface area contributed by atoms with Crippen LogP contribution in [0.25, 0.3) is 0 Å². The SMILES string of the molecule is CCC[C@H](NC(=O)[C@@H]1C[C@@H](Oc2ccc(C)cn2)CN1C(=O)[C@@H](NC(=O)[C@@H](NC(=O)c1cnccn1)C1CCCCC1)C(C)(C)C)C(=O)C(=O)CC(C)C. The number of hydrogen-bond donors (Lipinski definition) is 3. The summed E-state index contributed by atoms with van der Waals surface area (Å²) in [6.07, 6.45) is 10.4. The molecule has 2 aromatic rings. The summed E-state index contributed by atoms with van der Waals surface area (Å²) in [7, 11) is 0. The van der Waals surface area contributed by atoms with Crippen molar-refractivity contribution in [1.29, 1.82) is 0 Å². The van der Waals surface area contributed by atoms with E-state index >= 15 is 0 Å². The van der Waals surface area contributed by atoms with E-state index in [-0.39, 0.29) is 43.3 Å². The number of nitrogens with one attached hydrogen (secondary N) is 3. The normalized spacial score (nSPS) is 19.4. The fraction of sp³-hybridized carbons (Fsp3) is 0.625. The number of nitrogens with zero attached hydrogens (tertiary/aromatic N) is 4. The maximum atomic E-state index is 14.7. The zero-order valence-corrected chi connectivity index (χ0v) is 32.7. The van der Waals surface area contributed by atoms with Crippen molar-refractivity contribution in [2.45, 2.75) is 137 Å². The van der Waals surface area contributed by atoms with Crippen molar-refractivity contribution < 1.29 is 33.5 Å². The number of Topliss-reactive ketones (excluding diaryl/α,β-unsaturated/α-hetero) is 2. The largest absolute Gasteiger partial charge is 0.472 e. The van der Waals surface area contributed by atoms with Gasteiger partial charge < -0.3 is 25.6 Å². The summed E-state index contributed by atoms with van der Waals surface area (Å²) in [5.74, 6) is -3.25. The highest BCUT2D eigenvalue weighted by Crippen LogP contribution is 2.30. The Bertz CT molecular complexity index is 1620. The van der Waals surface area contributed by atoms with Crippen molar-refractivity contribution in [2.24, 2.45) is 17.3 Å². The molecule has 54 heavy (non-hydrogen) atoms. The number of likely N-dealkylation sites (tertiary alicyclic amines) is 1. The van der Waals surface area contributed by atoms with Crippen LogP contribution in [0.3, 0.4) is 0 Å². The Morgan fingerprint density at radius 2 is 1.67 bits per heavy atom. The van der Waals surface area contributed by atoms with Gasteiger partial charge in [-0.05, 0) is 49.0 Å². The Labute approximate surface area is 318 Å². The highest BCUT2D eigenvalue weighted by Gasteiger charge is 2.47.